The zero-order valence-electron chi connectivity index (χ0n) is 10.3. The van der Waals surface area contributed by atoms with Crippen molar-refractivity contribution in [2.24, 2.45) is 0 Å². The Hall–Kier alpha value is -0.730. The third-order valence-electron chi connectivity index (χ3n) is 3.54. The fourth-order valence-corrected chi connectivity index (χ4v) is 2.86. The summed E-state index contributed by atoms with van der Waals surface area (Å²) in [5.74, 6) is 1.03. The number of benzene rings is 1. The summed E-state index contributed by atoms with van der Waals surface area (Å²) >= 11 is 6.15. The lowest BCUT2D eigenvalue weighted by atomic mass is 9.95. The molecule has 1 aliphatic heterocycles. The molecule has 17 heavy (non-hydrogen) atoms. The molecule has 0 aromatic heterocycles. The largest absolute Gasteiger partial charge is 0.490 e. The molecule has 0 saturated heterocycles. The van der Waals surface area contributed by atoms with Crippen LogP contribution in [-0.2, 0) is 0 Å². The number of nitrogens with one attached hydrogen (secondary N) is 1. The molecule has 1 aromatic rings. The molecule has 2 unspecified atom stereocenters. The van der Waals surface area contributed by atoms with Crippen LogP contribution in [-0.4, -0.2) is 12.1 Å². The minimum Gasteiger partial charge on any atom is -0.490 e. The van der Waals surface area contributed by atoms with E-state index in [0.29, 0.717) is 12.1 Å². The molecular formula is C14H18ClNO. The highest BCUT2D eigenvalue weighted by molar-refractivity contribution is 6.30. The normalized spacial score (nSPS) is 27.5. The molecule has 0 bridgehead atoms. The van der Waals surface area contributed by atoms with E-state index in [1.807, 2.05) is 6.07 Å². The second kappa shape index (κ2) is 4.18. The predicted octanol–water partition coefficient (Wildman–Crippen LogP) is 3.61. The molecule has 1 aromatic carbocycles. The van der Waals surface area contributed by atoms with Crippen LogP contribution in [0.3, 0.4) is 0 Å². The Labute approximate surface area is 107 Å². The highest BCUT2D eigenvalue weighted by Gasteiger charge is 2.32. The van der Waals surface area contributed by atoms with Crippen molar-refractivity contribution < 1.29 is 4.74 Å². The van der Waals surface area contributed by atoms with E-state index in [-0.39, 0.29) is 6.10 Å². The minimum absolute atomic E-state index is 0.277. The smallest absolute Gasteiger partial charge is 0.127 e. The van der Waals surface area contributed by atoms with Gasteiger partial charge in [-0.3, -0.25) is 0 Å². The number of aryl methyl sites for hydroxylation is 1. The van der Waals surface area contributed by atoms with Gasteiger partial charge in [-0.25, -0.2) is 0 Å². The van der Waals surface area contributed by atoms with Crippen molar-refractivity contribution >= 4 is 11.6 Å². The van der Waals surface area contributed by atoms with Crippen LogP contribution in [0.4, 0.5) is 0 Å². The van der Waals surface area contributed by atoms with E-state index in [2.05, 4.69) is 25.2 Å². The lowest BCUT2D eigenvalue weighted by Gasteiger charge is -2.32. The van der Waals surface area contributed by atoms with Crippen LogP contribution in [0, 0.1) is 6.92 Å². The predicted molar refractivity (Wildman–Crippen MR) is 69.8 cm³/mol. The van der Waals surface area contributed by atoms with Crippen LogP contribution < -0.4 is 10.1 Å². The van der Waals surface area contributed by atoms with Gasteiger partial charge in [0.1, 0.15) is 5.75 Å². The van der Waals surface area contributed by atoms with Crippen molar-refractivity contribution in [1.82, 2.24) is 5.32 Å². The Morgan fingerprint density at radius 1 is 1.35 bits per heavy atom. The molecule has 2 nitrogen and oxygen atoms in total. The Bertz CT molecular complexity index is 442. The van der Waals surface area contributed by atoms with Gasteiger partial charge in [-0.2, -0.15) is 0 Å². The topological polar surface area (TPSA) is 21.3 Å². The summed E-state index contributed by atoms with van der Waals surface area (Å²) < 4.78 is 5.95. The maximum absolute atomic E-state index is 6.15. The molecule has 1 heterocycles. The molecular weight excluding hydrogens is 234 g/mol. The SMILES string of the molecule is Cc1cc(Cl)cc2c1OC(C)CC2NC1CC1. The number of fused-ring (bicyclic) bond motifs is 1. The fourth-order valence-electron chi connectivity index (χ4n) is 2.58. The van der Waals surface area contributed by atoms with E-state index in [4.69, 9.17) is 16.3 Å². The zero-order valence-corrected chi connectivity index (χ0v) is 11.1. The first kappa shape index (κ1) is 11.4. The van der Waals surface area contributed by atoms with Crippen molar-refractivity contribution in [3.05, 3.63) is 28.3 Å². The van der Waals surface area contributed by atoms with Gasteiger partial charge in [-0.15, -0.1) is 0 Å². The average Bonchev–Trinajstić information content (AvgIpc) is 3.04. The van der Waals surface area contributed by atoms with Gasteiger partial charge in [0.2, 0.25) is 0 Å². The van der Waals surface area contributed by atoms with Gasteiger partial charge in [0, 0.05) is 29.1 Å². The van der Waals surface area contributed by atoms with E-state index >= 15 is 0 Å². The summed E-state index contributed by atoms with van der Waals surface area (Å²) in [6.45, 7) is 4.20. The van der Waals surface area contributed by atoms with Gasteiger partial charge in [-0.1, -0.05) is 11.6 Å². The third kappa shape index (κ3) is 2.29. The maximum Gasteiger partial charge on any atom is 0.127 e. The summed E-state index contributed by atoms with van der Waals surface area (Å²) in [5, 5.41) is 4.50. The molecule has 92 valence electrons. The Balaban J connectivity index is 1.97. The molecule has 2 atom stereocenters. The lowest BCUT2D eigenvalue weighted by Crippen LogP contribution is -2.33. The van der Waals surface area contributed by atoms with Crippen molar-refractivity contribution in [2.75, 3.05) is 0 Å². The number of halogens is 1. The Morgan fingerprint density at radius 3 is 2.82 bits per heavy atom. The molecule has 0 amide bonds. The molecule has 0 spiro atoms. The number of hydrogen-bond acceptors (Lipinski definition) is 2. The van der Waals surface area contributed by atoms with Crippen molar-refractivity contribution in [3.63, 3.8) is 0 Å². The number of rotatable bonds is 2. The molecule has 1 fully saturated rings. The zero-order chi connectivity index (χ0) is 12.0. The van der Waals surface area contributed by atoms with E-state index in [9.17, 15) is 0 Å². The van der Waals surface area contributed by atoms with Crippen molar-refractivity contribution in [1.29, 1.82) is 0 Å². The Kier molecular flexibility index (Phi) is 2.80. The van der Waals surface area contributed by atoms with Gasteiger partial charge in [0.15, 0.2) is 0 Å². The standard InChI is InChI=1S/C14H18ClNO/c1-8-5-10(15)7-12-13(16-11-3-4-11)6-9(2)17-14(8)12/h5,7,9,11,13,16H,3-4,6H2,1-2H3. The molecule has 1 aliphatic carbocycles. The van der Waals surface area contributed by atoms with Gasteiger partial charge in [-0.05, 0) is 44.4 Å². The van der Waals surface area contributed by atoms with Crippen LogP contribution in [0.1, 0.15) is 43.4 Å². The van der Waals surface area contributed by atoms with Crippen LogP contribution in [0.2, 0.25) is 5.02 Å². The summed E-state index contributed by atoms with van der Waals surface area (Å²) in [6, 6.07) is 5.14. The monoisotopic (exact) mass is 251 g/mol. The second-order valence-electron chi connectivity index (χ2n) is 5.30. The van der Waals surface area contributed by atoms with Crippen LogP contribution in [0.5, 0.6) is 5.75 Å². The molecule has 2 aliphatic rings. The fraction of sp³-hybridized carbons (Fsp3) is 0.571. The number of ether oxygens (including phenoxy) is 1. The number of hydrogen-bond donors (Lipinski definition) is 1. The van der Waals surface area contributed by atoms with Gasteiger partial charge < -0.3 is 10.1 Å². The Morgan fingerprint density at radius 2 is 2.12 bits per heavy atom. The summed E-state index contributed by atoms with van der Waals surface area (Å²) in [7, 11) is 0. The van der Waals surface area contributed by atoms with Crippen LogP contribution >= 0.6 is 11.6 Å². The second-order valence-corrected chi connectivity index (χ2v) is 5.74. The molecule has 1 saturated carbocycles. The van der Waals surface area contributed by atoms with E-state index in [1.165, 1.54) is 18.4 Å². The van der Waals surface area contributed by atoms with E-state index in [0.717, 1.165) is 22.8 Å². The van der Waals surface area contributed by atoms with Crippen LogP contribution in [0.15, 0.2) is 12.1 Å². The van der Waals surface area contributed by atoms with Crippen LogP contribution in [0.25, 0.3) is 0 Å². The highest BCUT2D eigenvalue weighted by Crippen LogP contribution is 2.40. The molecule has 1 N–H and O–H groups in total. The van der Waals surface area contributed by atoms with Gasteiger partial charge >= 0.3 is 0 Å². The van der Waals surface area contributed by atoms with Gasteiger partial charge in [0.05, 0.1) is 6.10 Å². The molecule has 3 rings (SSSR count). The van der Waals surface area contributed by atoms with Crippen molar-refractivity contribution in [3.8, 4) is 5.75 Å². The summed E-state index contributed by atoms with van der Waals surface area (Å²) in [5.41, 5.74) is 2.38. The highest BCUT2D eigenvalue weighted by atomic mass is 35.5. The summed E-state index contributed by atoms with van der Waals surface area (Å²) in [6.07, 6.45) is 3.92. The molecule has 0 radical (unpaired) electrons. The quantitative estimate of drug-likeness (QED) is 0.867. The first-order valence-corrected chi connectivity index (χ1v) is 6.74. The van der Waals surface area contributed by atoms with Crippen molar-refractivity contribution in [2.45, 2.75) is 51.3 Å². The average molecular weight is 252 g/mol. The molecule has 3 heteroatoms. The lowest BCUT2D eigenvalue weighted by molar-refractivity contribution is 0.164. The maximum atomic E-state index is 6.15. The minimum atomic E-state index is 0.277. The first-order chi connectivity index (χ1) is 8.13. The van der Waals surface area contributed by atoms with Gasteiger partial charge in [0.25, 0.3) is 0 Å². The summed E-state index contributed by atoms with van der Waals surface area (Å²) in [4.78, 5) is 0. The van der Waals surface area contributed by atoms with E-state index < -0.39 is 0 Å². The first-order valence-electron chi connectivity index (χ1n) is 6.36. The van der Waals surface area contributed by atoms with E-state index in [1.54, 1.807) is 0 Å². The third-order valence-corrected chi connectivity index (χ3v) is 3.76.